The second-order valence-corrected chi connectivity index (χ2v) is 18.2. The molecule has 10 aromatic carbocycles. The van der Waals surface area contributed by atoms with Gasteiger partial charge in [0, 0.05) is 76.5 Å². The first-order chi connectivity index (χ1) is 32.7. The SMILES string of the molecule is c1ccc(N(c2ccccc2)c2cccc3c2oc2cc(N(c4ccc5c(c4)sc4ccccc45)c4cccc5c4-c4ccccc4C54c5ccccc5Oc5ccccc54)ccc23)cc1. The molecule has 4 nitrogen and oxygen atoms in total. The highest BCUT2D eigenvalue weighted by atomic mass is 32.1. The largest absolute Gasteiger partial charge is 0.457 e. The number of benzene rings is 10. The molecule has 14 rings (SSSR count). The van der Waals surface area contributed by atoms with Gasteiger partial charge in [0.15, 0.2) is 5.58 Å². The van der Waals surface area contributed by atoms with Crippen LogP contribution in [0, 0.1) is 0 Å². The van der Waals surface area contributed by atoms with Crippen LogP contribution in [0.25, 0.3) is 53.2 Å². The smallest absolute Gasteiger partial charge is 0.159 e. The molecule has 1 spiro atoms. The molecule has 1 aliphatic carbocycles. The lowest BCUT2D eigenvalue weighted by molar-refractivity contribution is 0.436. The third kappa shape index (κ3) is 5.26. The summed E-state index contributed by atoms with van der Waals surface area (Å²) >= 11 is 1.84. The molecule has 2 aromatic heterocycles. The Morgan fingerprint density at radius 2 is 0.909 bits per heavy atom. The first-order valence-corrected chi connectivity index (χ1v) is 23.2. The van der Waals surface area contributed by atoms with Crippen LogP contribution < -0.4 is 14.5 Å². The minimum atomic E-state index is -0.600. The van der Waals surface area contributed by atoms with E-state index in [1.165, 1.54) is 42.4 Å². The van der Waals surface area contributed by atoms with Crippen LogP contribution in [0.15, 0.2) is 235 Å². The summed E-state index contributed by atoms with van der Waals surface area (Å²) < 4.78 is 16.3. The molecule has 12 aromatic rings. The molecule has 2 aliphatic rings. The fraction of sp³-hybridized carbons (Fsp3) is 0.0164. The van der Waals surface area contributed by atoms with Crippen LogP contribution in [0.5, 0.6) is 11.5 Å². The lowest BCUT2D eigenvalue weighted by Crippen LogP contribution is -2.32. The monoisotopic (exact) mass is 862 g/mol. The number of rotatable bonds is 6. The van der Waals surface area contributed by atoms with Crippen LogP contribution in [0.2, 0.25) is 0 Å². The fourth-order valence-electron chi connectivity index (χ4n) is 11.0. The third-order valence-corrected chi connectivity index (χ3v) is 14.8. The van der Waals surface area contributed by atoms with Crippen molar-refractivity contribution in [3.63, 3.8) is 0 Å². The molecule has 0 fully saturated rings. The van der Waals surface area contributed by atoms with Crippen molar-refractivity contribution < 1.29 is 9.15 Å². The first-order valence-electron chi connectivity index (χ1n) is 22.4. The number of hydrogen-bond acceptors (Lipinski definition) is 5. The highest BCUT2D eigenvalue weighted by Gasteiger charge is 2.52. The number of hydrogen-bond donors (Lipinski definition) is 0. The van der Waals surface area contributed by atoms with Gasteiger partial charge in [-0.1, -0.05) is 146 Å². The Bertz CT molecular complexity index is 3800. The molecular formula is C61H38N2O2S. The van der Waals surface area contributed by atoms with Gasteiger partial charge < -0.3 is 19.0 Å². The number of nitrogens with zero attached hydrogens (tertiary/aromatic N) is 2. The van der Waals surface area contributed by atoms with Crippen LogP contribution in [0.4, 0.5) is 34.1 Å². The Morgan fingerprint density at radius 1 is 0.364 bits per heavy atom. The first kappa shape index (κ1) is 37.0. The summed E-state index contributed by atoms with van der Waals surface area (Å²) in [5, 5.41) is 4.68. The van der Waals surface area contributed by atoms with Crippen LogP contribution in [0.3, 0.4) is 0 Å². The Labute approximate surface area is 385 Å². The zero-order chi connectivity index (χ0) is 43.3. The van der Waals surface area contributed by atoms with E-state index >= 15 is 0 Å². The predicted octanol–water partition coefficient (Wildman–Crippen LogP) is 17.4. The van der Waals surface area contributed by atoms with Gasteiger partial charge in [-0.25, -0.2) is 0 Å². The van der Waals surface area contributed by atoms with Crippen LogP contribution >= 0.6 is 11.3 Å². The zero-order valence-corrected chi connectivity index (χ0v) is 36.4. The molecule has 310 valence electrons. The van der Waals surface area contributed by atoms with E-state index in [0.29, 0.717) is 0 Å². The van der Waals surface area contributed by atoms with E-state index in [4.69, 9.17) is 9.15 Å². The molecule has 66 heavy (non-hydrogen) atoms. The number of thiophene rings is 1. The van der Waals surface area contributed by atoms with Crippen molar-refractivity contribution in [3.05, 3.63) is 253 Å². The van der Waals surface area contributed by atoms with E-state index in [0.717, 1.165) is 78.7 Å². The predicted molar refractivity (Wildman–Crippen MR) is 273 cm³/mol. The number of para-hydroxylation sites is 5. The second kappa shape index (κ2) is 14.3. The van der Waals surface area contributed by atoms with E-state index in [1.807, 2.05) is 11.3 Å². The van der Waals surface area contributed by atoms with E-state index in [9.17, 15) is 0 Å². The molecule has 0 N–H and O–H groups in total. The lowest BCUT2D eigenvalue weighted by atomic mass is 9.66. The maximum Gasteiger partial charge on any atom is 0.159 e. The molecular weight excluding hydrogens is 825 g/mol. The Balaban J connectivity index is 1.03. The summed E-state index contributed by atoms with van der Waals surface area (Å²) in [5.74, 6) is 1.76. The lowest BCUT2D eigenvalue weighted by Gasteiger charge is -2.39. The molecule has 0 saturated carbocycles. The van der Waals surface area contributed by atoms with Crippen molar-refractivity contribution in [2.45, 2.75) is 5.41 Å². The van der Waals surface area contributed by atoms with E-state index in [1.54, 1.807) is 0 Å². The molecule has 0 saturated heterocycles. The van der Waals surface area contributed by atoms with Gasteiger partial charge in [-0.2, -0.15) is 0 Å². The number of fused-ring (bicyclic) bond motifs is 15. The molecule has 5 heteroatoms. The molecule has 0 amide bonds. The van der Waals surface area contributed by atoms with Gasteiger partial charge in [-0.15, -0.1) is 11.3 Å². The van der Waals surface area contributed by atoms with Gasteiger partial charge in [-0.05, 0) is 95.6 Å². The van der Waals surface area contributed by atoms with Gasteiger partial charge in [0.05, 0.1) is 16.8 Å². The average Bonchev–Trinajstić information content (AvgIpc) is 4.04. The number of anilines is 6. The van der Waals surface area contributed by atoms with E-state index in [-0.39, 0.29) is 0 Å². The normalized spacial score (nSPS) is 13.1. The van der Waals surface area contributed by atoms with Crippen LogP contribution in [-0.4, -0.2) is 0 Å². The zero-order valence-electron chi connectivity index (χ0n) is 35.6. The van der Waals surface area contributed by atoms with Crippen molar-refractivity contribution in [2.24, 2.45) is 0 Å². The van der Waals surface area contributed by atoms with Gasteiger partial charge >= 0.3 is 0 Å². The maximum absolute atomic E-state index is 7.12. The van der Waals surface area contributed by atoms with Crippen molar-refractivity contribution in [1.29, 1.82) is 0 Å². The standard InChI is InChI=1S/C61H38N2O2S/c1-3-17-39(18-4-1)62(40-19-5-2-6-20-40)53-29-15-23-46-43-35-33-41(37-56(43)65-60(46)53)63(42-34-36-45-44-21-8-14-32-57(44)66-58(45)38-42)52-28-16-27-51-59(52)47-22-7-9-24-48(47)61(51)49-25-10-12-30-54(49)64-55-31-13-11-26-50(55)61/h1-38H. The third-order valence-electron chi connectivity index (χ3n) is 13.7. The summed E-state index contributed by atoms with van der Waals surface area (Å²) in [5.41, 5.74) is 14.5. The highest BCUT2D eigenvalue weighted by Crippen LogP contribution is 2.64. The van der Waals surface area contributed by atoms with Gasteiger partial charge in [0.1, 0.15) is 17.1 Å². The summed E-state index contributed by atoms with van der Waals surface area (Å²) in [6.07, 6.45) is 0. The fourth-order valence-corrected chi connectivity index (χ4v) is 12.2. The summed E-state index contributed by atoms with van der Waals surface area (Å²) in [4.78, 5) is 4.73. The van der Waals surface area contributed by atoms with Gasteiger partial charge in [-0.3, -0.25) is 0 Å². The average molecular weight is 863 g/mol. The topological polar surface area (TPSA) is 28.9 Å². The van der Waals surface area contributed by atoms with Crippen molar-refractivity contribution in [2.75, 3.05) is 9.80 Å². The van der Waals surface area contributed by atoms with Crippen molar-refractivity contribution in [1.82, 2.24) is 0 Å². The van der Waals surface area contributed by atoms with Crippen LogP contribution in [0.1, 0.15) is 22.3 Å². The minimum absolute atomic E-state index is 0.600. The van der Waals surface area contributed by atoms with Crippen LogP contribution in [-0.2, 0) is 5.41 Å². The van der Waals surface area contributed by atoms with Gasteiger partial charge in [0.2, 0.25) is 0 Å². The molecule has 0 radical (unpaired) electrons. The van der Waals surface area contributed by atoms with Crippen molar-refractivity contribution in [3.8, 4) is 22.6 Å². The molecule has 3 heterocycles. The number of ether oxygens (including phenoxy) is 1. The maximum atomic E-state index is 7.12. The Morgan fingerprint density at radius 3 is 1.67 bits per heavy atom. The number of furan rings is 1. The van der Waals surface area contributed by atoms with Crippen molar-refractivity contribution >= 4 is 87.6 Å². The molecule has 0 atom stereocenters. The Kier molecular flexibility index (Phi) is 8.03. The van der Waals surface area contributed by atoms with E-state index in [2.05, 4.69) is 240 Å². The minimum Gasteiger partial charge on any atom is -0.457 e. The summed E-state index contributed by atoms with van der Waals surface area (Å²) in [7, 11) is 0. The quantitative estimate of drug-likeness (QED) is 0.167. The van der Waals surface area contributed by atoms with E-state index < -0.39 is 5.41 Å². The molecule has 1 aliphatic heterocycles. The Hall–Kier alpha value is -8.38. The highest BCUT2D eigenvalue weighted by molar-refractivity contribution is 7.25. The molecule has 0 bridgehead atoms. The summed E-state index contributed by atoms with van der Waals surface area (Å²) in [6, 6.07) is 82.9. The van der Waals surface area contributed by atoms with Gasteiger partial charge in [0.25, 0.3) is 0 Å². The second-order valence-electron chi connectivity index (χ2n) is 17.1. The summed E-state index contributed by atoms with van der Waals surface area (Å²) in [6.45, 7) is 0. The molecule has 0 unspecified atom stereocenters.